The number of hydrogen-bond donors (Lipinski definition) is 1. The molecule has 5 nitrogen and oxygen atoms in total. The number of aromatic nitrogens is 1. The summed E-state index contributed by atoms with van der Waals surface area (Å²) in [5, 5.41) is 3.32. The molecule has 0 saturated carbocycles. The quantitative estimate of drug-likeness (QED) is 0.320. The molecule has 194 valence electrons. The second kappa shape index (κ2) is 11.9. The first-order valence-corrected chi connectivity index (χ1v) is 12.7. The van der Waals surface area contributed by atoms with E-state index in [4.69, 9.17) is 4.74 Å². The minimum absolute atomic E-state index is 0.0747. The Bertz CT molecular complexity index is 1170. The van der Waals surface area contributed by atoms with Crippen molar-refractivity contribution >= 4 is 22.9 Å². The highest BCUT2D eigenvalue weighted by atomic mass is 32.1. The van der Waals surface area contributed by atoms with Gasteiger partial charge >= 0.3 is 6.18 Å². The molecule has 0 unspecified atom stereocenters. The highest BCUT2D eigenvalue weighted by Gasteiger charge is 2.30. The van der Waals surface area contributed by atoms with E-state index >= 15 is 0 Å². The molecule has 0 aliphatic heterocycles. The van der Waals surface area contributed by atoms with Gasteiger partial charge in [-0.15, -0.1) is 11.3 Å². The Morgan fingerprint density at radius 3 is 2.44 bits per heavy atom. The Kier molecular flexibility index (Phi) is 9.13. The maximum atomic E-state index is 13.1. The number of ether oxygens (including phenoxy) is 1. The summed E-state index contributed by atoms with van der Waals surface area (Å²) in [4.78, 5) is 20.1. The molecule has 0 radical (unpaired) electrons. The Labute approximate surface area is 214 Å². The van der Waals surface area contributed by atoms with E-state index in [-0.39, 0.29) is 12.3 Å². The molecule has 0 spiro atoms. The first-order valence-electron chi connectivity index (χ1n) is 11.9. The zero-order valence-corrected chi connectivity index (χ0v) is 22.0. The number of thiazole rings is 1. The fourth-order valence-electron chi connectivity index (χ4n) is 3.94. The van der Waals surface area contributed by atoms with Crippen LogP contribution in [0.1, 0.15) is 43.8 Å². The third-order valence-corrected chi connectivity index (χ3v) is 6.92. The van der Waals surface area contributed by atoms with Gasteiger partial charge in [-0.2, -0.15) is 13.2 Å². The number of halogens is 3. The van der Waals surface area contributed by atoms with Gasteiger partial charge in [-0.1, -0.05) is 18.2 Å². The van der Waals surface area contributed by atoms with Crippen LogP contribution in [0.25, 0.3) is 10.6 Å². The fraction of sp³-hybridized carbons (Fsp3) is 0.407. The second-order valence-electron chi connectivity index (χ2n) is 9.13. The lowest BCUT2D eigenvalue weighted by atomic mass is 10.1. The molecule has 3 aromatic rings. The van der Waals surface area contributed by atoms with Crippen LogP contribution in [0, 0.1) is 6.92 Å². The molecule has 1 aromatic heterocycles. The normalized spacial score (nSPS) is 12.0. The summed E-state index contributed by atoms with van der Waals surface area (Å²) in [6, 6.07) is 13.1. The molecule has 0 bridgehead atoms. The number of anilines is 1. The first-order chi connectivity index (χ1) is 16.9. The van der Waals surface area contributed by atoms with Crippen LogP contribution in [-0.2, 0) is 17.4 Å². The molecule has 0 atom stereocenters. The predicted octanol–water partition coefficient (Wildman–Crippen LogP) is 6.82. The number of nitrogens with one attached hydrogen (secondary N) is 1. The van der Waals surface area contributed by atoms with Gasteiger partial charge in [0.1, 0.15) is 17.4 Å². The SMILES string of the molecule is Cc1nc(-c2cccc(C(F)(F)F)c2)sc1CC(=O)Nc1cccc(OCCN(C(C)C)C(C)C)c1. The number of aryl methyl sites for hydroxylation is 1. The van der Waals surface area contributed by atoms with E-state index < -0.39 is 11.7 Å². The van der Waals surface area contributed by atoms with Crippen molar-refractivity contribution in [1.82, 2.24) is 9.88 Å². The number of carbonyl (C=O) groups excluding carboxylic acids is 1. The third-order valence-electron chi connectivity index (χ3n) is 5.71. The van der Waals surface area contributed by atoms with Crippen LogP contribution < -0.4 is 10.1 Å². The molecule has 1 heterocycles. The molecule has 0 aliphatic carbocycles. The molecule has 0 fully saturated rings. The molecule has 9 heteroatoms. The average molecular weight is 520 g/mol. The van der Waals surface area contributed by atoms with E-state index in [1.807, 2.05) is 12.1 Å². The Morgan fingerprint density at radius 1 is 1.08 bits per heavy atom. The van der Waals surface area contributed by atoms with Crippen molar-refractivity contribution in [3.8, 4) is 16.3 Å². The maximum absolute atomic E-state index is 13.1. The number of carbonyl (C=O) groups is 1. The van der Waals surface area contributed by atoms with Crippen LogP contribution in [0.3, 0.4) is 0 Å². The zero-order chi connectivity index (χ0) is 26.5. The van der Waals surface area contributed by atoms with E-state index in [0.717, 1.165) is 18.7 Å². The molecule has 2 aromatic carbocycles. The molecular weight excluding hydrogens is 487 g/mol. The average Bonchev–Trinajstić information content (AvgIpc) is 3.16. The van der Waals surface area contributed by atoms with Gasteiger partial charge in [0, 0.05) is 40.8 Å². The standard InChI is InChI=1S/C27H32F3N3O2S/c1-17(2)33(18(3)4)12-13-35-23-11-7-10-22(15-23)32-25(34)16-24-19(5)31-26(36-24)20-8-6-9-21(14-20)27(28,29)30/h6-11,14-15,17-18H,12-13,16H2,1-5H3,(H,32,34). The summed E-state index contributed by atoms with van der Waals surface area (Å²) in [6.45, 7) is 11.7. The van der Waals surface area contributed by atoms with Crippen LogP contribution in [0.4, 0.5) is 18.9 Å². The van der Waals surface area contributed by atoms with Crippen molar-refractivity contribution in [3.63, 3.8) is 0 Å². The van der Waals surface area contributed by atoms with Crippen molar-refractivity contribution < 1.29 is 22.7 Å². The number of benzene rings is 2. The highest BCUT2D eigenvalue weighted by Crippen LogP contribution is 2.34. The smallest absolute Gasteiger partial charge is 0.416 e. The van der Waals surface area contributed by atoms with Gasteiger partial charge in [-0.25, -0.2) is 4.98 Å². The van der Waals surface area contributed by atoms with Crippen LogP contribution in [0.15, 0.2) is 48.5 Å². The predicted molar refractivity (Wildman–Crippen MR) is 139 cm³/mol. The summed E-state index contributed by atoms with van der Waals surface area (Å²) in [5.74, 6) is 0.432. The molecule has 0 aliphatic rings. The molecule has 1 N–H and O–H groups in total. The van der Waals surface area contributed by atoms with Gasteiger partial charge in [0.2, 0.25) is 5.91 Å². The van der Waals surface area contributed by atoms with Gasteiger partial charge in [-0.3, -0.25) is 9.69 Å². The topological polar surface area (TPSA) is 54.5 Å². The molecule has 36 heavy (non-hydrogen) atoms. The van der Waals surface area contributed by atoms with E-state index in [1.165, 1.54) is 17.4 Å². The largest absolute Gasteiger partial charge is 0.492 e. The second-order valence-corrected chi connectivity index (χ2v) is 10.2. The molecule has 0 saturated heterocycles. The maximum Gasteiger partial charge on any atom is 0.416 e. The molecule has 3 rings (SSSR count). The van der Waals surface area contributed by atoms with E-state index in [9.17, 15) is 18.0 Å². The van der Waals surface area contributed by atoms with Gasteiger partial charge < -0.3 is 10.1 Å². The van der Waals surface area contributed by atoms with Crippen molar-refractivity contribution in [1.29, 1.82) is 0 Å². The minimum atomic E-state index is -4.43. The molecule has 1 amide bonds. The number of alkyl halides is 3. The van der Waals surface area contributed by atoms with Crippen molar-refractivity contribution in [2.24, 2.45) is 0 Å². The van der Waals surface area contributed by atoms with Crippen LogP contribution in [0.5, 0.6) is 5.75 Å². The lowest BCUT2D eigenvalue weighted by Gasteiger charge is -2.30. The number of rotatable bonds is 10. The molecular formula is C27H32F3N3O2S. The van der Waals surface area contributed by atoms with Crippen LogP contribution >= 0.6 is 11.3 Å². The van der Waals surface area contributed by atoms with Gasteiger partial charge in [0.05, 0.1) is 17.7 Å². The fourth-order valence-corrected chi connectivity index (χ4v) is 5.00. The minimum Gasteiger partial charge on any atom is -0.492 e. The highest BCUT2D eigenvalue weighted by molar-refractivity contribution is 7.15. The van der Waals surface area contributed by atoms with E-state index in [2.05, 4.69) is 42.9 Å². The Hall–Kier alpha value is -2.91. The number of amides is 1. The van der Waals surface area contributed by atoms with Crippen LogP contribution in [-0.4, -0.2) is 41.0 Å². The number of hydrogen-bond acceptors (Lipinski definition) is 5. The monoisotopic (exact) mass is 519 g/mol. The summed E-state index contributed by atoms with van der Waals surface area (Å²) < 4.78 is 45.1. The van der Waals surface area contributed by atoms with Crippen molar-refractivity contribution in [2.45, 2.75) is 59.3 Å². The lowest BCUT2D eigenvalue weighted by Crippen LogP contribution is -2.39. The summed E-state index contributed by atoms with van der Waals surface area (Å²) in [5.41, 5.74) is 0.889. The van der Waals surface area contributed by atoms with Crippen molar-refractivity contribution in [3.05, 3.63) is 64.7 Å². The van der Waals surface area contributed by atoms with E-state index in [1.54, 1.807) is 25.1 Å². The lowest BCUT2D eigenvalue weighted by molar-refractivity contribution is -0.137. The Morgan fingerprint density at radius 2 is 1.78 bits per heavy atom. The van der Waals surface area contributed by atoms with E-state index in [0.29, 0.717) is 51.3 Å². The zero-order valence-electron chi connectivity index (χ0n) is 21.1. The number of nitrogens with zero attached hydrogens (tertiary/aromatic N) is 2. The van der Waals surface area contributed by atoms with Crippen LogP contribution in [0.2, 0.25) is 0 Å². The summed E-state index contributed by atoms with van der Waals surface area (Å²) >= 11 is 1.22. The van der Waals surface area contributed by atoms with Gasteiger partial charge in [0.15, 0.2) is 0 Å². The first kappa shape index (κ1) is 27.7. The summed E-state index contributed by atoms with van der Waals surface area (Å²) in [6.07, 6.45) is -4.35. The van der Waals surface area contributed by atoms with Gasteiger partial charge in [-0.05, 0) is 58.9 Å². The third kappa shape index (κ3) is 7.54. The Balaban J connectivity index is 1.61. The van der Waals surface area contributed by atoms with Crippen molar-refractivity contribution in [2.75, 3.05) is 18.5 Å². The van der Waals surface area contributed by atoms with Gasteiger partial charge in [0.25, 0.3) is 0 Å². The summed E-state index contributed by atoms with van der Waals surface area (Å²) in [7, 11) is 0.